The van der Waals surface area contributed by atoms with Gasteiger partial charge in [-0.3, -0.25) is 19.4 Å². The molecule has 2 rings (SSSR count). The molecule has 0 unspecified atom stereocenters. The molecule has 0 spiro atoms. The summed E-state index contributed by atoms with van der Waals surface area (Å²) in [5.74, 6) is -0.307. The molecular formula is C15H22N4O3. The molecule has 0 aliphatic rings. The number of amides is 1. The predicted octanol–water partition coefficient (Wildman–Crippen LogP) is 0.708. The molecule has 0 aliphatic heterocycles. The van der Waals surface area contributed by atoms with Gasteiger partial charge < -0.3 is 10.4 Å². The molecule has 2 aromatic rings. The molecule has 0 atom stereocenters. The van der Waals surface area contributed by atoms with Crippen molar-refractivity contribution < 1.29 is 9.90 Å². The lowest BCUT2D eigenvalue weighted by Gasteiger charge is -2.23. The van der Waals surface area contributed by atoms with Gasteiger partial charge in [-0.2, -0.15) is 0 Å². The standard InChI is InChI=1S/C15H22N4O3/c1-9-7-10(11-12(17-9)19(4)18-14(11)22)13(21)16-8-15(2,3)5-6-20/h7,20H,5-6,8H2,1-4H3,(H,16,21)(H,18,22). The second-order valence-electron chi connectivity index (χ2n) is 6.33. The average Bonchev–Trinajstić information content (AvgIpc) is 2.70. The quantitative estimate of drug-likeness (QED) is 0.757. The molecule has 0 saturated heterocycles. The number of rotatable bonds is 5. The first-order chi connectivity index (χ1) is 10.2. The number of carbonyl (C=O) groups excluding carboxylic acids is 1. The zero-order valence-electron chi connectivity index (χ0n) is 13.4. The van der Waals surface area contributed by atoms with E-state index >= 15 is 0 Å². The minimum atomic E-state index is -0.329. The Morgan fingerprint density at radius 3 is 2.82 bits per heavy atom. The van der Waals surface area contributed by atoms with Crippen LogP contribution in [0.4, 0.5) is 0 Å². The molecule has 3 N–H and O–H groups in total. The Hall–Kier alpha value is -2.15. The Kier molecular flexibility index (Phi) is 4.37. The van der Waals surface area contributed by atoms with Crippen LogP contribution in [-0.2, 0) is 7.05 Å². The number of nitrogens with one attached hydrogen (secondary N) is 2. The second-order valence-corrected chi connectivity index (χ2v) is 6.33. The van der Waals surface area contributed by atoms with Crippen molar-refractivity contribution in [2.45, 2.75) is 27.2 Å². The van der Waals surface area contributed by atoms with Crippen molar-refractivity contribution in [3.63, 3.8) is 0 Å². The number of nitrogens with zero attached hydrogens (tertiary/aromatic N) is 2. The molecule has 22 heavy (non-hydrogen) atoms. The van der Waals surface area contributed by atoms with Crippen LogP contribution in [0.3, 0.4) is 0 Å². The maximum atomic E-state index is 12.5. The van der Waals surface area contributed by atoms with E-state index in [1.54, 1.807) is 20.0 Å². The summed E-state index contributed by atoms with van der Waals surface area (Å²) in [4.78, 5) is 28.8. The first kappa shape index (κ1) is 16.2. The number of H-pyrrole nitrogens is 1. The lowest BCUT2D eigenvalue weighted by atomic mass is 9.89. The van der Waals surface area contributed by atoms with Gasteiger partial charge in [0.1, 0.15) is 0 Å². The van der Waals surface area contributed by atoms with Gasteiger partial charge in [0.2, 0.25) is 0 Å². The minimum Gasteiger partial charge on any atom is -0.396 e. The van der Waals surface area contributed by atoms with Crippen LogP contribution >= 0.6 is 0 Å². The van der Waals surface area contributed by atoms with Crippen molar-refractivity contribution >= 4 is 16.9 Å². The fraction of sp³-hybridized carbons (Fsp3) is 0.533. The van der Waals surface area contributed by atoms with Gasteiger partial charge in [0.15, 0.2) is 5.65 Å². The molecule has 7 nitrogen and oxygen atoms in total. The van der Waals surface area contributed by atoms with E-state index in [0.717, 1.165) is 0 Å². The molecule has 2 heterocycles. The molecular weight excluding hydrogens is 284 g/mol. The number of fused-ring (bicyclic) bond motifs is 1. The number of hydrogen-bond donors (Lipinski definition) is 3. The number of aromatic amines is 1. The molecule has 120 valence electrons. The number of aliphatic hydroxyl groups is 1. The van der Waals surface area contributed by atoms with Gasteiger partial charge in [-0.25, -0.2) is 4.98 Å². The van der Waals surface area contributed by atoms with Gasteiger partial charge in [-0.15, -0.1) is 0 Å². The van der Waals surface area contributed by atoms with Crippen LogP contribution in [0.2, 0.25) is 0 Å². The molecule has 0 aromatic carbocycles. The summed E-state index contributed by atoms with van der Waals surface area (Å²) in [7, 11) is 1.68. The van der Waals surface area contributed by atoms with Crippen molar-refractivity contribution in [2.75, 3.05) is 13.2 Å². The van der Waals surface area contributed by atoms with Crippen LogP contribution < -0.4 is 10.9 Å². The van der Waals surface area contributed by atoms with Crippen molar-refractivity contribution in [3.05, 3.63) is 27.7 Å². The summed E-state index contributed by atoms with van der Waals surface area (Å²) >= 11 is 0. The van der Waals surface area contributed by atoms with Crippen LogP contribution in [0.15, 0.2) is 10.9 Å². The van der Waals surface area contributed by atoms with E-state index < -0.39 is 0 Å². The Morgan fingerprint density at radius 1 is 1.50 bits per heavy atom. The second kappa shape index (κ2) is 5.92. The smallest absolute Gasteiger partial charge is 0.274 e. The van der Waals surface area contributed by atoms with Gasteiger partial charge >= 0.3 is 0 Å². The summed E-state index contributed by atoms with van der Waals surface area (Å²) in [6.45, 7) is 6.20. The topological polar surface area (TPSA) is 100 Å². The fourth-order valence-corrected chi connectivity index (χ4v) is 2.37. The molecule has 2 aromatic heterocycles. The molecule has 0 aliphatic carbocycles. The van der Waals surface area contributed by atoms with E-state index in [1.165, 1.54) is 4.68 Å². The minimum absolute atomic E-state index is 0.0693. The summed E-state index contributed by atoms with van der Waals surface area (Å²) in [6.07, 6.45) is 0.587. The summed E-state index contributed by atoms with van der Waals surface area (Å²) in [5, 5.41) is 14.8. The number of carbonyl (C=O) groups is 1. The molecule has 0 bridgehead atoms. The number of aliphatic hydroxyl groups excluding tert-OH is 1. The zero-order chi connectivity index (χ0) is 16.5. The SMILES string of the molecule is Cc1cc(C(=O)NCC(C)(C)CCO)c2c(=O)[nH]n(C)c2n1. The van der Waals surface area contributed by atoms with E-state index in [2.05, 4.69) is 15.4 Å². The molecule has 0 radical (unpaired) electrons. The third kappa shape index (κ3) is 3.19. The van der Waals surface area contributed by atoms with Crippen molar-refractivity contribution in [1.82, 2.24) is 20.1 Å². The number of pyridine rings is 1. The monoisotopic (exact) mass is 306 g/mol. The van der Waals surface area contributed by atoms with Gasteiger partial charge in [0, 0.05) is 25.9 Å². The van der Waals surface area contributed by atoms with Crippen molar-refractivity contribution in [3.8, 4) is 0 Å². The lowest BCUT2D eigenvalue weighted by molar-refractivity contribution is 0.0929. The number of aryl methyl sites for hydroxylation is 2. The third-order valence-electron chi connectivity index (χ3n) is 3.70. The first-order valence-electron chi connectivity index (χ1n) is 7.20. The van der Waals surface area contributed by atoms with Gasteiger partial charge in [0.05, 0.1) is 10.9 Å². The van der Waals surface area contributed by atoms with Gasteiger partial charge in [0.25, 0.3) is 11.5 Å². The normalized spacial score (nSPS) is 11.9. The maximum Gasteiger partial charge on any atom is 0.274 e. The lowest BCUT2D eigenvalue weighted by Crippen LogP contribution is -2.35. The first-order valence-corrected chi connectivity index (χ1v) is 7.20. The van der Waals surface area contributed by atoms with Gasteiger partial charge in [-0.1, -0.05) is 13.8 Å². The molecule has 7 heteroatoms. The Labute approximate surface area is 128 Å². The van der Waals surface area contributed by atoms with Gasteiger partial charge in [-0.05, 0) is 24.8 Å². The third-order valence-corrected chi connectivity index (χ3v) is 3.70. The maximum absolute atomic E-state index is 12.5. The average molecular weight is 306 g/mol. The van der Waals surface area contributed by atoms with Crippen LogP contribution in [0.1, 0.15) is 36.3 Å². The van der Waals surface area contributed by atoms with E-state index in [9.17, 15) is 9.59 Å². The number of hydrogen-bond acceptors (Lipinski definition) is 4. The summed E-state index contributed by atoms with van der Waals surface area (Å²) in [5.41, 5.74) is 0.912. The molecule has 1 amide bonds. The highest BCUT2D eigenvalue weighted by Crippen LogP contribution is 2.19. The zero-order valence-corrected chi connectivity index (χ0v) is 13.4. The summed E-state index contributed by atoms with van der Waals surface area (Å²) < 4.78 is 1.51. The predicted molar refractivity (Wildman–Crippen MR) is 83.9 cm³/mol. The van der Waals surface area contributed by atoms with E-state index in [0.29, 0.717) is 35.3 Å². The highest BCUT2D eigenvalue weighted by molar-refractivity contribution is 6.05. The molecule has 0 saturated carbocycles. The van der Waals surface area contributed by atoms with E-state index in [1.807, 2.05) is 13.8 Å². The van der Waals surface area contributed by atoms with Crippen molar-refractivity contribution in [1.29, 1.82) is 0 Å². The Morgan fingerprint density at radius 2 is 2.18 bits per heavy atom. The van der Waals surface area contributed by atoms with Crippen molar-refractivity contribution in [2.24, 2.45) is 12.5 Å². The number of aromatic nitrogens is 3. The summed E-state index contributed by atoms with van der Waals surface area (Å²) in [6, 6.07) is 1.62. The van der Waals surface area contributed by atoms with E-state index in [-0.39, 0.29) is 23.5 Å². The van der Waals surface area contributed by atoms with Crippen LogP contribution in [0.25, 0.3) is 11.0 Å². The highest BCUT2D eigenvalue weighted by atomic mass is 16.3. The largest absolute Gasteiger partial charge is 0.396 e. The fourth-order valence-electron chi connectivity index (χ4n) is 2.37. The van der Waals surface area contributed by atoms with E-state index in [4.69, 9.17) is 5.11 Å². The Bertz CT molecular complexity index is 758. The Balaban J connectivity index is 2.34. The van der Waals surface area contributed by atoms with Crippen LogP contribution in [0, 0.1) is 12.3 Å². The molecule has 0 fully saturated rings. The van der Waals surface area contributed by atoms with Crippen LogP contribution in [0.5, 0.6) is 0 Å². The van der Waals surface area contributed by atoms with Crippen LogP contribution in [-0.4, -0.2) is 38.9 Å². The highest BCUT2D eigenvalue weighted by Gasteiger charge is 2.21.